The minimum atomic E-state index is -0.717. The highest BCUT2D eigenvalue weighted by Gasteiger charge is 2.59. The predicted molar refractivity (Wildman–Crippen MR) is 90.3 cm³/mol. The van der Waals surface area contributed by atoms with Crippen LogP contribution in [0, 0.1) is 17.1 Å². The average molecular weight is 354 g/mol. The first-order valence-electron chi connectivity index (χ1n) is 7.72. The number of rotatable bonds is 4. The summed E-state index contributed by atoms with van der Waals surface area (Å²) in [4.78, 5) is 4.03. The lowest BCUT2D eigenvalue weighted by Gasteiger charge is -2.16. The van der Waals surface area contributed by atoms with Gasteiger partial charge in [-0.05, 0) is 23.8 Å². The van der Waals surface area contributed by atoms with E-state index in [4.69, 9.17) is 16.3 Å². The zero-order valence-corrected chi connectivity index (χ0v) is 13.8. The molecule has 6 heteroatoms. The maximum atomic E-state index is 13.4. The molecule has 0 spiro atoms. The minimum absolute atomic E-state index is 0.277. The van der Waals surface area contributed by atoms with Crippen LogP contribution in [0.4, 0.5) is 4.39 Å². The van der Waals surface area contributed by atoms with E-state index < -0.39 is 5.60 Å². The SMILES string of the molecule is N#Cc1cncn1C[C@]1(c2ccc(F)cc2)O[C@@H]1c1ccccc1Cl. The van der Waals surface area contributed by atoms with E-state index in [-0.39, 0.29) is 11.9 Å². The number of nitriles is 1. The molecule has 2 heterocycles. The van der Waals surface area contributed by atoms with Crippen LogP contribution in [0.1, 0.15) is 22.9 Å². The number of aromatic nitrogens is 2. The molecule has 0 aliphatic carbocycles. The number of halogens is 2. The molecule has 0 radical (unpaired) electrons. The fourth-order valence-corrected chi connectivity index (χ4v) is 3.37. The summed E-state index contributed by atoms with van der Waals surface area (Å²) in [5.74, 6) is -0.311. The number of nitrogens with zero attached hydrogens (tertiary/aromatic N) is 3. The third kappa shape index (κ3) is 2.70. The molecule has 3 aromatic rings. The van der Waals surface area contributed by atoms with Crippen LogP contribution in [-0.2, 0) is 16.9 Å². The standard InChI is InChI=1S/C19H13ClFN3O/c20-17-4-2-1-3-16(17)18-19(25-18,13-5-7-14(21)8-6-13)11-24-12-23-10-15(24)9-22/h1-8,10,12,18H,11H2/t18-,19-/m1/s1. The number of ether oxygens (including phenoxy) is 1. The van der Waals surface area contributed by atoms with Gasteiger partial charge in [0.15, 0.2) is 0 Å². The van der Waals surface area contributed by atoms with Crippen molar-refractivity contribution in [3.8, 4) is 6.07 Å². The molecule has 1 aromatic heterocycles. The number of epoxide rings is 1. The van der Waals surface area contributed by atoms with Crippen molar-refractivity contribution in [3.05, 3.63) is 88.7 Å². The summed E-state index contributed by atoms with van der Waals surface area (Å²) in [5.41, 5.74) is 1.42. The van der Waals surface area contributed by atoms with E-state index in [2.05, 4.69) is 11.1 Å². The van der Waals surface area contributed by atoms with E-state index in [0.29, 0.717) is 17.3 Å². The van der Waals surface area contributed by atoms with Gasteiger partial charge in [-0.3, -0.25) is 0 Å². The van der Waals surface area contributed by atoms with E-state index in [0.717, 1.165) is 11.1 Å². The van der Waals surface area contributed by atoms with E-state index in [1.54, 1.807) is 23.0 Å². The molecule has 0 bridgehead atoms. The minimum Gasteiger partial charge on any atom is -0.354 e. The number of hydrogen-bond donors (Lipinski definition) is 0. The second-order valence-electron chi connectivity index (χ2n) is 5.93. The van der Waals surface area contributed by atoms with Crippen molar-refractivity contribution in [2.24, 2.45) is 0 Å². The Balaban J connectivity index is 1.77. The van der Waals surface area contributed by atoms with E-state index in [1.165, 1.54) is 18.3 Å². The summed E-state index contributed by atoms with van der Waals surface area (Å²) in [6, 6.07) is 15.8. The topological polar surface area (TPSA) is 54.1 Å². The molecule has 25 heavy (non-hydrogen) atoms. The van der Waals surface area contributed by atoms with Crippen LogP contribution in [0.5, 0.6) is 0 Å². The van der Waals surface area contributed by atoms with Gasteiger partial charge >= 0.3 is 0 Å². The fourth-order valence-electron chi connectivity index (χ4n) is 3.13. The third-order valence-electron chi connectivity index (χ3n) is 4.45. The third-order valence-corrected chi connectivity index (χ3v) is 4.79. The van der Waals surface area contributed by atoms with Gasteiger partial charge in [-0.1, -0.05) is 41.9 Å². The molecule has 2 aromatic carbocycles. The molecule has 0 unspecified atom stereocenters. The molecular weight excluding hydrogens is 341 g/mol. The van der Waals surface area contributed by atoms with Crippen molar-refractivity contribution >= 4 is 11.6 Å². The first-order chi connectivity index (χ1) is 12.1. The van der Waals surface area contributed by atoms with Gasteiger partial charge < -0.3 is 9.30 Å². The molecule has 0 N–H and O–H groups in total. The molecule has 1 saturated heterocycles. The Kier molecular flexibility index (Phi) is 3.79. The normalized spacial score (nSPS) is 21.7. The van der Waals surface area contributed by atoms with Gasteiger partial charge in [0.1, 0.15) is 29.3 Å². The Labute approximate surface area is 149 Å². The van der Waals surface area contributed by atoms with Gasteiger partial charge in [-0.2, -0.15) is 5.26 Å². The number of hydrogen-bond acceptors (Lipinski definition) is 3. The quantitative estimate of drug-likeness (QED) is 0.660. The molecule has 1 aliphatic heterocycles. The van der Waals surface area contributed by atoms with Crippen LogP contribution in [0.15, 0.2) is 61.1 Å². The lowest BCUT2D eigenvalue weighted by Crippen LogP contribution is -2.19. The van der Waals surface area contributed by atoms with Crippen LogP contribution >= 0.6 is 11.6 Å². The summed E-state index contributed by atoms with van der Waals surface area (Å²) in [7, 11) is 0. The predicted octanol–water partition coefficient (Wildman–Crippen LogP) is 4.21. The molecule has 1 aliphatic rings. The summed E-state index contributed by atoms with van der Waals surface area (Å²) in [5, 5.41) is 9.85. The van der Waals surface area contributed by atoms with Crippen LogP contribution in [-0.4, -0.2) is 9.55 Å². The highest BCUT2D eigenvalue weighted by Crippen LogP contribution is 2.59. The van der Waals surface area contributed by atoms with Crippen LogP contribution in [0.25, 0.3) is 0 Å². The van der Waals surface area contributed by atoms with E-state index in [9.17, 15) is 9.65 Å². The lowest BCUT2D eigenvalue weighted by molar-refractivity contribution is 0.269. The van der Waals surface area contributed by atoms with Gasteiger partial charge in [0.05, 0.1) is 19.1 Å². The lowest BCUT2D eigenvalue weighted by atomic mass is 9.91. The Morgan fingerprint density at radius 2 is 2.00 bits per heavy atom. The van der Waals surface area contributed by atoms with Crippen LogP contribution in [0.3, 0.4) is 0 Å². The number of benzene rings is 2. The molecule has 0 saturated carbocycles. The smallest absolute Gasteiger partial charge is 0.142 e. The fraction of sp³-hybridized carbons (Fsp3) is 0.158. The Bertz CT molecular complexity index is 963. The highest BCUT2D eigenvalue weighted by atomic mass is 35.5. The van der Waals surface area contributed by atoms with Crippen molar-refractivity contribution in [2.45, 2.75) is 18.2 Å². The second-order valence-corrected chi connectivity index (χ2v) is 6.34. The molecular formula is C19H13ClFN3O. The molecule has 1 fully saturated rings. The molecule has 2 atom stereocenters. The Morgan fingerprint density at radius 1 is 1.24 bits per heavy atom. The number of imidazole rings is 1. The first kappa shape index (κ1) is 15.8. The van der Waals surface area contributed by atoms with Gasteiger partial charge in [0, 0.05) is 10.6 Å². The summed E-state index contributed by atoms with van der Waals surface area (Å²) >= 11 is 6.33. The maximum absolute atomic E-state index is 13.4. The van der Waals surface area contributed by atoms with E-state index >= 15 is 0 Å². The summed E-state index contributed by atoms with van der Waals surface area (Å²) in [6.45, 7) is 0.386. The van der Waals surface area contributed by atoms with Crippen molar-refractivity contribution in [2.75, 3.05) is 0 Å². The van der Waals surface area contributed by atoms with Crippen molar-refractivity contribution < 1.29 is 9.13 Å². The second kappa shape index (κ2) is 5.99. The van der Waals surface area contributed by atoms with Crippen molar-refractivity contribution in [3.63, 3.8) is 0 Å². The van der Waals surface area contributed by atoms with Gasteiger partial charge in [0.25, 0.3) is 0 Å². The first-order valence-corrected chi connectivity index (χ1v) is 8.10. The molecule has 4 nitrogen and oxygen atoms in total. The zero-order chi connectivity index (χ0) is 17.4. The van der Waals surface area contributed by atoms with E-state index in [1.807, 2.05) is 24.3 Å². The molecule has 124 valence electrons. The zero-order valence-electron chi connectivity index (χ0n) is 13.1. The average Bonchev–Trinajstić information content (AvgIpc) is 3.16. The molecule has 4 rings (SSSR count). The Hall–Kier alpha value is -2.68. The monoisotopic (exact) mass is 353 g/mol. The van der Waals surface area contributed by atoms with Crippen molar-refractivity contribution in [1.29, 1.82) is 5.26 Å². The maximum Gasteiger partial charge on any atom is 0.142 e. The van der Waals surface area contributed by atoms with Crippen LogP contribution < -0.4 is 0 Å². The summed E-state index contributed by atoms with van der Waals surface area (Å²) in [6.07, 6.45) is 2.82. The van der Waals surface area contributed by atoms with Gasteiger partial charge in [0.2, 0.25) is 0 Å². The van der Waals surface area contributed by atoms with Gasteiger partial charge in [-0.25, -0.2) is 9.37 Å². The Morgan fingerprint density at radius 3 is 2.72 bits per heavy atom. The van der Waals surface area contributed by atoms with Crippen molar-refractivity contribution in [1.82, 2.24) is 9.55 Å². The summed E-state index contributed by atoms with van der Waals surface area (Å²) < 4.78 is 21.2. The van der Waals surface area contributed by atoms with Crippen LogP contribution in [0.2, 0.25) is 5.02 Å². The highest BCUT2D eigenvalue weighted by molar-refractivity contribution is 6.31. The molecule has 0 amide bonds. The van der Waals surface area contributed by atoms with Gasteiger partial charge in [-0.15, -0.1) is 0 Å². The largest absolute Gasteiger partial charge is 0.354 e.